The Morgan fingerprint density at radius 3 is 2.67 bits per heavy atom. The van der Waals surface area contributed by atoms with Crippen LogP contribution in [0.5, 0.6) is 0 Å². The first-order chi connectivity index (χ1) is 8.47. The predicted molar refractivity (Wildman–Crippen MR) is 68.3 cm³/mol. The van der Waals surface area contributed by atoms with E-state index in [2.05, 4.69) is 11.8 Å². The minimum Gasteiger partial charge on any atom is -0.480 e. The number of rotatable bonds is 5. The summed E-state index contributed by atoms with van der Waals surface area (Å²) < 4.78 is 5.45. The maximum absolute atomic E-state index is 11.4. The highest BCUT2D eigenvalue weighted by atomic mass is 16.5. The van der Waals surface area contributed by atoms with E-state index in [1.807, 2.05) is 0 Å². The maximum atomic E-state index is 11.4. The summed E-state index contributed by atoms with van der Waals surface area (Å²) in [6, 6.07) is 0. The first kappa shape index (κ1) is 13.8. The number of carbonyl (C=O) groups is 1. The van der Waals surface area contributed by atoms with Crippen molar-refractivity contribution in [3.8, 4) is 0 Å². The van der Waals surface area contributed by atoms with Gasteiger partial charge in [0.25, 0.3) is 0 Å². The van der Waals surface area contributed by atoms with Crippen LogP contribution in [0.4, 0.5) is 0 Å². The molecule has 18 heavy (non-hydrogen) atoms. The van der Waals surface area contributed by atoms with E-state index in [-0.39, 0.29) is 12.0 Å². The number of methoxy groups -OCH3 is 1. The molecule has 5 nitrogen and oxygen atoms in total. The average molecular weight is 256 g/mol. The van der Waals surface area contributed by atoms with Crippen molar-refractivity contribution in [1.29, 1.82) is 0 Å². The molecule has 3 unspecified atom stereocenters. The van der Waals surface area contributed by atoms with E-state index in [1.165, 1.54) is 0 Å². The van der Waals surface area contributed by atoms with Crippen molar-refractivity contribution >= 4 is 5.97 Å². The molecule has 104 valence electrons. The lowest BCUT2D eigenvalue weighted by Crippen LogP contribution is -2.60. The predicted octanol–water partition coefficient (Wildman–Crippen LogP) is 0.535. The van der Waals surface area contributed by atoms with Gasteiger partial charge < -0.3 is 15.6 Å². The Labute approximate surface area is 108 Å². The van der Waals surface area contributed by atoms with Crippen molar-refractivity contribution in [2.24, 2.45) is 17.6 Å². The molecule has 3 N–H and O–H groups in total. The number of nitrogens with two attached hydrogens (primary N) is 1. The molecule has 1 saturated carbocycles. The number of nitrogens with zero attached hydrogens (tertiary/aromatic N) is 1. The van der Waals surface area contributed by atoms with Crippen LogP contribution in [-0.2, 0) is 9.53 Å². The van der Waals surface area contributed by atoms with Crippen molar-refractivity contribution in [2.45, 2.75) is 37.8 Å². The third-order valence-corrected chi connectivity index (χ3v) is 4.47. The Morgan fingerprint density at radius 2 is 2.17 bits per heavy atom. The summed E-state index contributed by atoms with van der Waals surface area (Å²) in [7, 11) is 1.72. The van der Waals surface area contributed by atoms with Gasteiger partial charge in [-0.2, -0.15) is 0 Å². The molecule has 2 aliphatic rings. The van der Waals surface area contributed by atoms with Gasteiger partial charge in [-0.15, -0.1) is 0 Å². The molecule has 2 rings (SSSR count). The zero-order valence-corrected chi connectivity index (χ0v) is 11.3. The zero-order chi connectivity index (χ0) is 13.3. The fraction of sp³-hybridized carbons (Fsp3) is 0.923. The van der Waals surface area contributed by atoms with Crippen molar-refractivity contribution in [2.75, 3.05) is 26.7 Å². The van der Waals surface area contributed by atoms with Crippen molar-refractivity contribution < 1.29 is 14.6 Å². The van der Waals surface area contributed by atoms with Gasteiger partial charge in [0.05, 0.1) is 6.10 Å². The molecule has 0 aromatic rings. The van der Waals surface area contributed by atoms with Crippen LogP contribution in [-0.4, -0.2) is 54.4 Å². The molecule has 0 amide bonds. The van der Waals surface area contributed by atoms with Gasteiger partial charge in [-0.1, -0.05) is 6.92 Å². The van der Waals surface area contributed by atoms with Crippen molar-refractivity contribution in [3.63, 3.8) is 0 Å². The monoisotopic (exact) mass is 256 g/mol. The van der Waals surface area contributed by atoms with Crippen molar-refractivity contribution in [1.82, 2.24) is 4.90 Å². The molecule has 2 fully saturated rings. The second-order valence-electron chi connectivity index (χ2n) is 5.90. The van der Waals surface area contributed by atoms with Gasteiger partial charge in [0, 0.05) is 20.2 Å². The molecular formula is C13H24N2O3. The third-order valence-electron chi connectivity index (χ3n) is 4.47. The Hall–Kier alpha value is -0.650. The van der Waals surface area contributed by atoms with Crippen LogP contribution in [0.15, 0.2) is 0 Å². The van der Waals surface area contributed by atoms with Gasteiger partial charge in [0.15, 0.2) is 0 Å². The molecular weight excluding hydrogens is 232 g/mol. The zero-order valence-electron chi connectivity index (χ0n) is 11.3. The fourth-order valence-corrected chi connectivity index (χ4v) is 2.89. The summed E-state index contributed by atoms with van der Waals surface area (Å²) in [5, 5.41) is 9.37. The van der Waals surface area contributed by atoms with Crippen LogP contribution in [0.2, 0.25) is 0 Å². The van der Waals surface area contributed by atoms with E-state index in [0.29, 0.717) is 12.5 Å². The number of hydrogen-bond acceptors (Lipinski definition) is 4. The summed E-state index contributed by atoms with van der Waals surface area (Å²) in [6.07, 6.45) is 3.12. The van der Waals surface area contributed by atoms with Gasteiger partial charge in [-0.25, -0.2) is 0 Å². The number of likely N-dealkylation sites (tertiary alicyclic amines) is 1. The van der Waals surface area contributed by atoms with E-state index >= 15 is 0 Å². The fourth-order valence-electron chi connectivity index (χ4n) is 2.89. The summed E-state index contributed by atoms with van der Waals surface area (Å²) in [6.45, 7) is 4.33. The molecule has 1 aliphatic carbocycles. The highest BCUT2D eigenvalue weighted by Gasteiger charge is 2.49. The van der Waals surface area contributed by atoms with Gasteiger partial charge in [0.2, 0.25) is 0 Å². The summed E-state index contributed by atoms with van der Waals surface area (Å²) in [5.41, 5.74) is 5.05. The summed E-state index contributed by atoms with van der Waals surface area (Å²) >= 11 is 0. The highest BCUT2D eigenvalue weighted by molar-refractivity contribution is 5.79. The molecule has 0 aromatic carbocycles. The Bertz CT molecular complexity index is 319. The second kappa shape index (κ2) is 5.15. The van der Waals surface area contributed by atoms with Crippen LogP contribution in [0.25, 0.3) is 0 Å². The Balaban J connectivity index is 1.97. The average Bonchev–Trinajstić information content (AvgIpc) is 3.15. The molecule has 3 atom stereocenters. The molecule has 0 aromatic heterocycles. The lowest BCUT2D eigenvalue weighted by atomic mass is 9.90. The first-order valence-electron chi connectivity index (χ1n) is 6.74. The van der Waals surface area contributed by atoms with Gasteiger partial charge in [-0.3, -0.25) is 9.69 Å². The minimum atomic E-state index is -1.07. The normalized spacial score (nSPS) is 33.1. The molecule has 5 heteroatoms. The number of aliphatic carboxylic acids is 1. The highest BCUT2D eigenvalue weighted by Crippen LogP contribution is 2.39. The van der Waals surface area contributed by atoms with Crippen LogP contribution >= 0.6 is 0 Å². The first-order valence-corrected chi connectivity index (χ1v) is 6.74. The molecule has 0 bridgehead atoms. The Morgan fingerprint density at radius 1 is 1.50 bits per heavy atom. The van der Waals surface area contributed by atoms with Gasteiger partial charge >= 0.3 is 5.97 Å². The van der Waals surface area contributed by atoms with Gasteiger partial charge in [0.1, 0.15) is 5.54 Å². The van der Waals surface area contributed by atoms with E-state index in [0.717, 1.165) is 32.4 Å². The molecule has 1 heterocycles. The number of hydrogen-bond donors (Lipinski definition) is 2. The van der Waals surface area contributed by atoms with E-state index in [4.69, 9.17) is 10.5 Å². The lowest BCUT2D eigenvalue weighted by molar-refractivity contribution is -0.145. The number of piperidine rings is 1. The lowest BCUT2D eigenvalue weighted by Gasteiger charge is -2.39. The SMILES string of the molecule is COC1CN(CC(N)(C(=O)O)C2CC2)CCC1C. The smallest absolute Gasteiger partial charge is 0.325 e. The summed E-state index contributed by atoms with van der Waals surface area (Å²) in [4.78, 5) is 13.6. The van der Waals surface area contributed by atoms with Crippen LogP contribution in [0.1, 0.15) is 26.2 Å². The second-order valence-corrected chi connectivity index (χ2v) is 5.90. The van der Waals surface area contributed by atoms with Crippen LogP contribution in [0, 0.1) is 11.8 Å². The third kappa shape index (κ3) is 2.68. The summed E-state index contributed by atoms with van der Waals surface area (Å²) in [5.74, 6) is -0.183. The maximum Gasteiger partial charge on any atom is 0.325 e. The van der Waals surface area contributed by atoms with Gasteiger partial charge in [-0.05, 0) is 37.6 Å². The van der Waals surface area contributed by atoms with Crippen LogP contribution < -0.4 is 5.73 Å². The Kier molecular flexibility index (Phi) is 3.94. The number of ether oxygens (including phenoxy) is 1. The van der Waals surface area contributed by atoms with E-state index < -0.39 is 11.5 Å². The topological polar surface area (TPSA) is 75.8 Å². The standard InChI is InChI=1S/C13H24N2O3/c1-9-5-6-15(7-11(9)18-2)8-13(14,12(16)17)10-3-4-10/h9-11H,3-8,14H2,1-2H3,(H,16,17). The van der Waals surface area contributed by atoms with Crippen LogP contribution in [0.3, 0.4) is 0 Å². The quantitative estimate of drug-likeness (QED) is 0.750. The van der Waals surface area contributed by atoms with Crippen molar-refractivity contribution in [3.05, 3.63) is 0 Å². The number of carboxylic acid groups (broad SMARTS) is 1. The molecule has 0 spiro atoms. The number of carboxylic acids is 1. The van der Waals surface area contributed by atoms with E-state index in [9.17, 15) is 9.90 Å². The van der Waals surface area contributed by atoms with E-state index in [1.54, 1.807) is 7.11 Å². The largest absolute Gasteiger partial charge is 0.480 e. The molecule has 1 aliphatic heterocycles. The molecule has 1 saturated heterocycles. The molecule has 0 radical (unpaired) electrons. The minimum absolute atomic E-state index is 0.148.